The first kappa shape index (κ1) is 23.5. The fourth-order valence-corrected chi connectivity index (χ4v) is 5.74. The number of carbonyl (C=O) groups excluding carboxylic acids is 2. The van der Waals surface area contributed by atoms with Crippen LogP contribution in [-0.2, 0) is 16.1 Å². The van der Waals surface area contributed by atoms with E-state index in [-0.39, 0.29) is 17.0 Å². The molecule has 2 aromatic carbocycles. The summed E-state index contributed by atoms with van der Waals surface area (Å²) in [4.78, 5) is 26.4. The second-order valence-electron chi connectivity index (χ2n) is 6.41. The van der Waals surface area contributed by atoms with Gasteiger partial charge in [0.2, 0.25) is 0 Å². The van der Waals surface area contributed by atoms with Gasteiger partial charge in [0, 0.05) is 20.3 Å². The first-order valence-corrected chi connectivity index (χ1v) is 12.0. The van der Waals surface area contributed by atoms with E-state index in [1.165, 1.54) is 17.0 Å². The molecule has 0 N–H and O–H groups in total. The van der Waals surface area contributed by atoms with E-state index < -0.39 is 0 Å². The fraction of sp³-hybridized carbons (Fsp3) is 0.238. The van der Waals surface area contributed by atoms with Crippen molar-refractivity contribution in [2.24, 2.45) is 0 Å². The molecule has 0 aromatic heterocycles. The summed E-state index contributed by atoms with van der Waals surface area (Å²) in [6.07, 6.45) is 2.34. The molecular weight excluding hydrogens is 635 g/mol. The molecule has 0 radical (unpaired) electrons. The number of thioether (sulfide) groups is 1. The van der Waals surface area contributed by atoms with Crippen LogP contribution < -0.4 is 4.74 Å². The predicted molar refractivity (Wildman–Crippen MR) is 132 cm³/mol. The van der Waals surface area contributed by atoms with Crippen LogP contribution in [-0.4, -0.2) is 36.3 Å². The number of rotatable bonds is 8. The number of ether oxygens (including phenoxy) is 2. The Balaban J connectivity index is 1.72. The minimum atomic E-state index is -0.282. The average molecular weight is 653 g/mol. The van der Waals surface area contributed by atoms with Gasteiger partial charge in [0.25, 0.3) is 11.1 Å². The summed E-state index contributed by atoms with van der Waals surface area (Å²) < 4.78 is 25.7. The Bertz CT molecular complexity index is 958. The van der Waals surface area contributed by atoms with Crippen molar-refractivity contribution in [2.45, 2.75) is 13.0 Å². The number of benzene rings is 2. The Morgan fingerprint density at radius 3 is 2.43 bits per heavy atom. The normalized spacial score (nSPS) is 15.3. The van der Waals surface area contributed by atoms with Crippen LogP contribution in [0.15, 0.2) is 41.3 Å². The van der Waals surface area contributed by atoms with Crippen LogP contribution in [0.2, 0.25) is 0 Å². The van der Waals surface area contributed by atoms with Gasteiger partial charge in [0.05, 0.1) is 12.0 Å². The van der Waals surface area contributed by atoms with E-state index in [1.807, 2.05) is 12.1 Å². The van der Waals surface area contributed by atoms with Crippen molar-refractivity contribution in [3.05, 3.63) is 65.4 Å². The summed E-state index contributed by atoms with van der Waals surface area (Å²) in [6.45, 7) is 1.17. The SMILES string of the molecule is COCCCN1C(=O)S/C(=C/c2cc(I)c(OCc3ccc(F)cc3)c(I)c2)C1=O. The lowest BCUT2D eigenvalue weighted by molar-refractivity contribution is -0.122. The zero-order valence-corrected chi connectivity index (χ0v) is 21.1. The molecule has 2 amide bonds. The molecule has 1 fully saturated rings. The molecule has 1 saturated heterocycles. The summed E-state index contributed by atoms with van der Waals surface area (Å²) in [5.41, 5.74) is 1.69. The van der Waals surface area contributed by atoms with Crippen molar-refractivity contribution < 1.29 is 23.5 Å². The minimum Gasteiger partial charge on any atom is -0.487 e. The van der Waals surface area contributed by atoms with E-state index in [0.29, 0.717) is 31.1 Å². The van der Waals surface area contributed by atoms with Gasteiger partial charge in [-0.2, -0.15) is 0 Å². The average Bonchev–Trinajstić information content (AvgIpc) is 2.96. The topological polar surface area (TPSA) is 55.8 Å². The molecule has 0 bridgehead atoms. The van der Waals surface area contributed by atoms with Crippen LogP contribution in [0.4, 0.5) is 9.18 Å². The Kier molecular flexibility index (Phi) is 8.54. The molecule has 0 spiro atoms. The van der Waals surface area contributed by atoms with Crippen LogP contribution >= 0.6 is 56.9 Å². The molecule has 1 aliphatic rings. The summed E-state index contributed by atoms with van der Waals surface area (Å²) in [6, 6.07) is 9.99. The first-order valence-electron chi connectivity index (χ1n) is 8.99. The quantitative estimate of drug-likeness (QED) is 0.209. The molecule has 9 heteroatoms. The highest BCUT2D eigenvalue weighted by molar-refractivity contribution is 14.1. The van der Waals surface area contributed by atoms with Crippen LogP contribution in [0.3, 0.4) is 0 Å². The van der Waals surface area contributed by atoms with E-state index in [0.717, 1.165) is 35.8 Å². The standard InChI is InChI=1S/C21H18FI2NO4S/c1-28-8-2-7-25-20(26)18(30-21(25)27)11-14-9-16(23)19(17(24)10-14)29-12-13-3-5-15(22)6-4-13/h3-6,9-11H,2,7-8,12H2,1H3/b18-11+. The van der Waals surface area contributed by atoms with E-state index in [9.17, 15) is 14.0 Å². The molecule has 3 rings (SSSR count). The van der Waals surface area contributed by atoms with Gasteiger partial charge in [0.15, 0.2) is 0 Å². The summed E-state index contributed by atoms with van der Waals surface area (Å²) in [5.74, 6) is 0.170. The molecule has 0 atom stereocenters. The maximum atomic E-state index is 13.0. The van der Waals surface area contributed by atoms with Crippen molar-refractivity contribution in [3.8, 4) is 5.75 Å². The lowest BCUT2D eigenvalue weighted by Crippen LogP contribution is -2.29. The molecule has 158 valence electrons. The van der Waals surface area contributed by atoms with Gasteiger partial charge in [-0.05, 0) is 105 Å². The van der Waals surface area contributed by atoms with Crippen molar-refractivity contribution in [2.75, 3.05) is 20.3 Å². The third-order valence-electron chi connectivity index (χ3n) is 4.22. The van der Waals surface area contributed by atoms with Gasteiger partial charge >= 0.3 is 0 Å². The van der Waals surface area contributed by atoms with Crippen molar-refractivity contribution in [1.82, 2.24) is 4.90 Å². The fourth-order valence-electron chi connectivity index (χ4n) is 2.75. The lowest BCUT2D eigenvalue weighted by Gasteiger charge is -2.12. The van der Waals surface area contributed by atoms with Gasteiger partial charge in [-0.25, -0.2) is 4.39 Å². The predicted octanol–water partition coefficient (Wildman–Crippen LogP) is 5.69. The Morgan fingerprint density at radius 2 is 1.80 bits per heavy atom. The van der Waals surface area contributed by atoms with Gasteiger partial charge in [-0.15, -0.1) is 0 Å². The third-order valence-corrected chi connectivity index (χ3v) is 6.73. The summed E-state index contributed by atoms with van der Waals surface area (Å²) in [5, 5.41) is -0.258. The highest BCUT2D eigenvalue weighted by Crippen LogP contribution is 2.35. The number of halogens is 3. The second kappa shape index (κ2) is 10.9. The van der Waals surface area contributed by atoms with Crippen molar-refractivity contribution in [3.63, 3.8) is 0 Å². The smallest absolute Gasteiger partial charge is 0.293 e. The highest BCUT2D eigenvalue weighted by Gasteiger charge is 2.34. The number of nitrogens with zero attached hydrogens (tertiary/aromatic N) is 1. The third kappa shape index (κ3) is 5.95. The van der Waals surface area contributed by atoms with Gasteiger partial charge in [0.1, 0.15) is 18.2 Å². The monoisotopic (exact) mass is 653 g/mol. The molecule has 0 unspecified atom stereocenters. The van der Waals surface area contributed by atoms with Crippen LogP contribution in [0, 0.1) is 13.0 Å². The lowest BCUT2D eigenvalue weighted by atomic mass is 10.2. The molecule has 0 saturated carbocycles. The highest BCUT2D eigenvalue weighted by atomic mass is 127. The van der Waals surface area contributed by atoms with E-state index in [4.69, 9.17) is 9.47 Å². The van der Waals surface area contributed by atoms with Gasteiger partial charge < -0.3 is 9.47 Å². The zero-order valence-electron chi connectivity index (χ0n) is 16.0. The largest absolute Gasteiger partial charge is 0.487 e. The number of amides is 2. The minimum absolute atomic E-state index is 0.258. The molecule has 1 heterocycles. The van der Waals surface area contributed by atoms with Crippen LogP contribution in [0.5, 0.6) is 5.75 Å². The van der Waals surface area contributed by atoms with E-state index in [2.05, 4.69) is 45.2 Å². The van der Waals surface area contributed by atoms with Crippen molar-refractivity contribution >= 4 is 74.2 Å². The molecule has 1 aliphatic heterocycles. The van der Waals surface area contributed by atoms with Gasteiger partial charge in [-0.3, -0.25) is 14.5 Å². The summed E-state index contributed by atoms with van der Waals surface area (Å²) in [7, 11) is 1.59. The number of hydrogen-bond donors (Lipinski definition) is 0. The molecular formula is C21H18FI2NO4S. The molecule has 2 aromatic rings. The van der Waals surface area contributed by atoms with E-state index >= 15 is 0 Å². The van der Waals surface area contributed by atoms with Gasteiger partial charge in [-0.1, -0.05) is 12.1 Å². The number of methoxy groups -OCH3 is 1. The number of hydrogen-bond acceptors (Lipinski definition) is 5. The summed E-state index contributed by atoms with van der Waals surface area (Å²) >= 11 is 5.31. The van der Waals surface area contributed by atoms with Crippen LogP contribution in [0.1, 0.15) is 17.5 Å². The van der Waals surface area contributed by atoms with Crippen LogP contribution in [0.25, 0.3) is 6.08 Å². The van der Waals surface area contributed by atoms with Crippen molar-refractivity contribution in [1.29, 1.82) is 0 Å². The Morgan fingerprint density at radius 1 is 1.13 bits per heavy atom. The second-order valence-corrected chi connectivity index (χ2v) is 9.73. The molecule has 30 heavy (non-hydrogen) atoms. The van der Waals surface area contributed by atoms with E-state index in [1.54, 1.807) is 25.3 Å². The Hall–Kier alpha value is -1.18. The molecule has 5 nitrogen and oxygen atoms in total. The number of imide groups is 1. The zero-order chi connectivity index (χ0) is 21.7. The Labute approximate surface area is 205 Å². The first-order chi connectivity index (χ1) is 14.4. The maximum absolute atomic E-state index is 13.0. The molecule has 0 aliphatic carbocycles. The maximum Gasteiger partial charge on any atom is 0.293 e. The number of carbonyl (C=O) groups is 2.